The molecule has 0 amide bonds. The first-order valence-electron chi connectivity index (χ1n) is 11.9. The van der Waals surface area contributed by atoms with Crippen LogP contribution in [0.25, 0.3) is 0 Å². The molecule has 0 saturated carbocycles. The average molecular weight is 512 g/mol. The van der Waals surface area contributed by atoms with Crippen LogP contribution >= 0.6 is 7.28 Å². The molecule has 36 heavy (non-hydrogen) atoms. The highest BCUT2D eigenvalue weighted by atomic mass is 31.2. The van der Waals surface area contributed by atoms with Crippen LogP contribution in [-0.4, -0.2) is 31.5 Å². The van der Waals surface area contributed by atoms with Crippen molar-refractivity contribution in [2.75, 3.05) is 21.3 Å². The zero-order valence-electron chi connectivity index (χ0n) is 22.7. The van der Waals surface area contributed by atoms with E-state index in [2.05, 4.69) is 0 Å². The summed E-state index contributed by atoms with van der Waals surface area (Å²) in [5, 5.41) is 24.4. The Morgan fingerprint density at radius 3 is 1.42 bits per heavy atom. The third-order valence-corrected chi connectivity index (χ3v) is 9.17. The standard InChI is InChI=1S/C29H38NO5P/c1-28(2,3)22-15-20(33-7)17-24(26(22)31)36(35-9,30-19-13-11-10-12-14-19)25-18-21(34-8)16-23(27(25)32)29(4,5)6/h10-18,31-32H,1-9H3. The number of hydrogen-bond donors (Lipinski definition) is 2. The molecular weight excluding hydrogens is 473 g/mol. The fraction of sp³-hybridized carbons (Fsp3) is 0.379. The molecule has 0 radical (unpaired) electrons. The first-order chi connectivity index (χ1) is 16.8. The Labute approximate surface area is 215 Å². The van der Waals surface area contributed by atoms with Crippen molar-refractivity contribution in [2.45, 2.75) is 52.4 Å². The van der Waals surface area contributed by atoms with E-state index in [4.69, 9.17) is 18.7 Å². The Balaban J connectivity index is 2.61. The summed E-state index contributed by atoms with van der Waals surface area (Å²) in [4.78, 5) is 0. The van der Waals surface area contributed by atoms with E-state index in [9.17, 15) is 10.2 Å². The molecule has 3 rings (SSSR count). The number of benzene rings is 3. The van der Waals surface area contributed by atoms with Crippen molar-refractivity contribution in [3.05, 3.63) is 65.7 Å². The van der Waals surface area contributed by atoms with Gasteiger partial charge < -0.3 is 24.2 Å². The van der Waals surface area contributed by atoms with Gasteiger partial charge in [0.1, 0.15) is 23.0 Å². The first kappa shape index (κ1) is 27.6. The van der Waals surface area contributed by atoms with Gasteiger partial charge in [0.15, 0.2) is 7.28 Å². The molecule has 0 aliphatic carbocycles. The molecule has 0 unspecified atom stereocenters. The predicted octanol–water partition coefficient (Wildman–Crippen LogP) is 6.76. The van der Waals surface area contributed by atoms with Gasteiger partial charge in [0.2, 0.25) is 0 Å². The Morgan fingerprint density at radius 1 is 0.667 bits per heavy atom. The SMILES string of the molecule is COc1cc(C(C)(C)C)c(O)c(P(=Nc2ccccc2)(OC)c2cc(OC)cc(C(C)(C)C)c2O)c1. The number of nitrogens with zero attached hydrogens (tertiary/aromatic N) is 1. The average Bonchev–Trinajstić information content (AvgIpc) is 2.82. The second-order valence-electron chi connectivity index (χ2n) is 10.8. The summed E-state index contributed by atoms with van der Waals surface area (Å²) >= 11 is 0. The van der Waals surface area contributed by atoms with Gasteiger partial charge in [-0.15, -0.1) is 0 Å². The zero-order chi connectivity index (χ0) is 26.9. The molecule has 7 heteroatoms. The van der Waals surface area contributed by atoms with Crippen LogP contribution in [0.15, 0.2) is 59.3 Å². The molecule has 0 aromatic heterocycles. The summed E-state index contributed by atoms with van der Waals surface area (Å²) in [6, 6.07) is 16.6. The number of rotatable bonds is 6. The number of phenolic OH excluding ortho intramolecular Hbond substituents is 2. The summed E-state index contributed by atoms with van der Waals surface area (Å²) in [6.45, 7) is 12.1. The van der Waals surface area contributed by atoms with E-state index < -0.39 is 18.1 Å². The molecule has 0 aliphatic heterocycles. The molecule has 0 atom stereocenters. The molecule has 3 aromatic rings. The first-order valence-corrected chi connectivity index (χ1v) is 13.5. The Hall–Kier alpha value is -2.95. The van der Waals surface area contributed by atoms with E-state index in [1.54, 1.807) is 33.5 Å². The minimum atomic E-state index is -3.29. The van der Waals surface area contributed by atoms with E-state index in [0.717, 1.165) is 0 Å². The number of hydrogen-bond acceptors (Lipinski definition) is 6. The summed E-state index contributed by atoms with van der Waals surface area (Å²) < 4.78 is 22.7. The highest BCUT2D eigenvalue weighted by Gasteiger charge is 2.37. The van der Waals surface area contributed by atoms with E-state index in [0.29, 0.717) is 38.9 Å². The topological polar surface area (TPSA) is 80.5 Å². The van der Waals surface area contributed by atoms with Crippen molar-refractivity contribution in [3.63, 3.8) is 0 Å². The molecule has 0 bridgehead atoms. The zero-order valence-corrected chi connectivity index (χ0v) is 23.6. The van der Waals surface area contributed by atoms with Crippen molar-refractivity contribution in [3.8, 4) is 23.0 Å². The van der Waals surface area contributed by atoms with Gasteiger partial charge in [-0.2, -0.15) is 0 Å². The quantitative estimate of drug-likeness (QED) is 0.358. The third kappa shape index (κ3) is 5.25. The molecule has 3 aromatic carbocycles. The maximum Gasteiger partial charge on any atom is 0.156 e. The van der Waals surface area contributed by atoms with Gasteiger partial charge in [-0.05, 0) is 47.2 Å². The lowest BCUT2D eigenvalue weighted by atomic mass is 9.86. The van der Waals surface area contributed by atoms with Crippen LogP contribution in [0, 0.1) is 0 Å². The van der Waals surface area contributed by atoms with Crippen LogP contribution in [0.2, 0.25) is 0 Å². The minimum Gasteiger partial charge on any atom is -0.507 e. The molecule has 194 valence electrons. The molecular formula is C29H38NO5P. The molecule has 6 nitrogen and oxygen atoms in total. The lowest BCUT2D eigenvalue weighted by Crippen LogP contribution is -2.24. The molecule has 0 spiro atoms. The second-order valence-corrected chi connectivity index (χ2v) is 13.5. The normalized spacial score (nSPS) is 12.4. The molecule has 0 aliphatic rings. The maximum absolute atomic E-state index is 11.7. The van der Waals surface area contributed by atoms with Crippen LogP contribution < -0.4 is 20.1 Å². The van der Waals surface area contributed by atoms with Crippen molar-refractivity contribution < 1.29 is 24.2 Å². The molecule has 0 heterocycles. The van der Waals surface area contributed by atoms with Crippen molar-refractivity contribution in [1.29, 1.82) is 0 Å². The number of phenols is 2. The molecule has 2 N–H and O–H groups in total. The molecule has 0 saturated heterocycles. The van der Waals surface area contributed by atoms with E-state index >= 15 is 0 Å². The monoisotopic (exact) mass is 511 g/mol. The van der Waals surface area contributed by atoms with Crippen LogP contribution in [-0.2, 0) is 15.4 Å². The fourth-order valence-electron chi connectivity index (χ4n) is 4.16. The number of ether oxygens (including phenoxy) is 2. The highest BCUT2D eigenvalue weighted by Crippen LogP contribution is 2.57. The lowest BCUT2D eigenvalue weighted by Gasteiger charge is -2.31. The predicted molar refractivity (Wildman–Crippen MR) is 148 cm³/mol. The summed E-state index contributed by atoms with van der Waals surface area (Å²) in [5.41, 5.74) is 1.26. The Kier molecular flexibility index (Phi) is 7.83. The lowest BCUT2D eigenvalue weighted by molar-refractivity contribution is 0.405. The van der Waals surface area contributed by atoms with Gasteiger partial charge in [0.05, 0.1) is 30.5 Å². The Morgan fingerprint density at radius 2 is 1.08 bits per heavy atom. The number of methoxy groups -OCH3 is 2. The van der Waals surface area contributed by atoms with Crippen LogP contribution in [0.3, 0.4) is 0 Å². The van der Waals surface area contributed by atoms with Crippen LogP contribution in [0.5, 0.6) is 23.0 Å². The van der Waals surface area contributed by atoms with Gasteiger partial charge >= 0.3 is 0 Å². The van der Waals surface area contributed by atoms with Gasteiger partial charge in [0.25, 0.3) is 0 Å². The van der Waals surface area contributed by atoms with Gasteiger partial charge in [-0.3, -0.25) is 0 Å². The maximum atomic E-state index is 11.7. The fourth-order valence-corrected chi connectivity index (χ4v) is 6.99. The number of aromatic hydroxyl groups is 2. The van der Waals surface area contributed by atoms with E-state index in [-0.39, 0.29) is 11.5 Å². The highest BCUT2D eigenvalue weighted by molar-refractivity contribution is 7.77. The second kappa shape index (κ2) is 10.2. The van der Waals surface area contributed by atoms with Gasteiger partial charge in [0, 0.05) is 18.2 Å². The van der Waals surface area contributed by atoms with E-state index in [1.165, 1.54) is 0 Å². The summed E-state index contributed by atoms with van der Waals surface area (Å²) in [6.07, 6.45) is 0. The van der Waals surface area contributed by atoms with Crippen molar-refractivity contribution in [2.24, 2.45) is 4.74 Å². The van der Waals surface area contributed by atoms with Gasteiger partial charge in [-0.25, -0.2) is 4.74 Å². The van der Waals surface area contributed by atoms with Crippen LogP contribution in [0.1, 0.15) is 52.7 Å². The third-order valence-electron chi connectivity index (χ3n) is 6.14. The van der Waals surface area contributed by atoms with Gasteiger partial charge in [-0.1, -0.05) is 59.7 Å². The van der Waals surface area contributed by atoms with Crippen molar-refractivity contribution in [1.82, 2.24) is 0 Å². The molecule has 0 fully saturated rings. The van der Waals surface area contributed by atoms with E-state index in [1.807, 2.05) is 84.0 Å². The van der Waals surface area contributed by atoms with Crippen molar-refractivity contribution >= 4 is 23.6 Å². The smallest absolute Gasteiger partial charge is 0.156 e. The minimum absolute atomic E-state index is 0.0673. The largest absolute Gasteiger partial charge is 0.507 e. The Bertz CT molecular complexity index is 1210. The summed E-state index contributed by atoms with van der Waals surface area (Å²) in [7, 11) is 1.45. The van der Waals surface area contributed by atoms with Crippen LogP contribution in [0.4, 0.5) is 5.69 Å². The summed E-state index contributed by atoms with van der Waals surface area (Å²) in [5.74, 6) is 1.27.